The third-order valence-corrected chi connectivity index (χ3v) is 4.33. The Balaban J connectivity index is 1.85. The predicted molar refractivity (Wildman–Crippen MR) is 88.4 cm³/mol. The summed E-state index contributed by atoms with van der Waals surface area (Å²) in [5.41, 5.74) is 3.70. The number of carbonyl (C=O) groups excluding carboxylic acids is 1. The van der Waals surface area contributed by atoms with Crippen molar-refractivity contribution in [1.82, 2.24) is 4.98 Å². The lowest BCUT2D eigenvalue weighted by molar-refractivity contribution is 0.102. The summed E-state index contributed by atoms with van der Waals surface area (Å²) >= 11 is 1.47. The summed E-state index contributed by atoms with van der Waals surface area (Å²) in [5, 5.41) is 3.43. The first-order chi connectivity index (χ1) is 10.5. The number of aryl methyl sites for hydroxylation is 3. The van der Waals surface area contributed by atoms with Crippen LogP contribution in [0.25, 0.3) is 11.3 Å². The molecule has 1 amide bonds. The monoisotopic (exact) mass is 312 g/mol. The first-order valence-corrected chi connectivity index (χ1v) is 7.76. The van der Waals surface area contributed by atoms with Crippen LogP contribution in [0.15, 0.2) is 41.0 Å². The SMILES string of the molecule is Cc1ccc(-c2nc(NC(=O)c3ccoc3C)sc2C)cc1. The first kappa shape index (κ1) is 14.5. The van der Waals surface area contributed by atoms with Gasteiger partial charge < -0.3 is 4.42 Å². The molecule has 1 aromatic carbocycles. The summed E-state index contributed by atoms with van der Waals surface area (Å²) in [6.07, 6.45) is 1.51. The number of benzene rings is 1. The molecule has 0 radical (unpaired) electrons. The molecular weight excluding hydrogens is 296 g/mol. The second-order valence-corrected chi connectivity index (χ2v) is 6.34. The van der Waals surface area contributed by atoms with Crippen LogP contribution in [0, 0.1) is 20.8 Å². The zero-order valence-electron chi connectivity index (χ0n) is 12.6. The Bertz CT molecular complexity index is 816. The van der Waals surface area contributed by atoms with Gasteiger partial charge in [0, 0.05) is 10.4 Å². The zero-order chi connectivity index (χ0) is 15.7. The van der Waals surface area contributed by atoms with Gasteiger partial charge in [-0.3, -0.25) is 10.1 Å². The van der Waals surface area contributed by atoms with Crippen molar-refractivity contribution in [2.24, 2.45) is 0 Å². The number of amides is 1. The highest BCUT2D eigenvalue weighted by molar-refractivity contribution is 7.16. The molecule has 112 valence electrons. The van der Waals surface area contributed by atoms with Gasteiger partial charge in [-0.25, -0.2) is 4.98 Å². The van der Waals surface area contributed by atoms with Gasteiger partial charge in [-0.15, -0.1) is 11.3 Å². The number of thiazole rings is 1. The highest BCUT2D eigenvalue weighted by Crippen LogP contribution is 2.30. The lowest BCUT2D eigenvalue weighted by atomic mass is 10.1. The van der Waals surface area contributed by atoms with E-state index in [0.717, 1.165) is 16.1 Å². The number of anilines is 1. The third kappa shape index (κ3) is 2.80. The molecule has 0 spiro atoms. The largest absolute Gasteiger partial charge is 0.469 e. The van der Waals surface area contributed by atoms with Gasteiger partial charge in [0.25, 0.3) is 5.91 Å². The molecule has 22 heavy (non-hydrogen) atoms. The molecule has 5 heteroatoms. The van der Waals surface area contributed by atoms with Gasteiger partial charge in [-0.05, 0) is 26.8 Å². The van der Waals surface area contributed by atoms with Crippen LogP contribution in [0.5, 0.6) is 0 Å². The predicted octanol–water partition coefficient (Wildman–Crippen LogP) is 4.58. The highest BCUT2D eigenvalue weighted by Gasteiger charge is 2.15. The van der Waals surface area contributed by atoms with Gasteiger partial charge >= 0.3 is 0 Å². The van der Waals surface area contributed by atoms with Gasteiger partial charge in [0.15, 0.2) is 5.13 Å². The van der Waals surface area contributed by atoms with Crippen LogP contribution >= 0.6 is 11.3 Å². The fourth-order valence-electron chi connectivity index (χ4n) is 2.21. The summed E-state index contributed by atoms with van der Waals surface area (Å²) in [4.78, 5) is 17.8. The van der Waals surface area contributed by atoms with Crippen molar-refractivity contribution in [2.75, 3.05) is 5.32 Å². The maximum absolute atomic E-state index is 12.2. The molecule has 0 aliphatic rings. The molecular formula is C17H16N2O2S. The number of hydrogen-bond donors (Lipinski definition) is 1. The number of nitrogens with zero attached hydrogens (tertiary/aromatic N) is 1. The van der Waals surface area contributed by atoms with Crippen molar-refractivity contribution < 1.29 is 9.21 Å². The summed E-state index contributed by atoms with van der Waals surface area (Å²) in [7, 11) is 0. The molecule has 0 atom stereocenters. The standard InChI is InChI=1S/C17H16N2O2S/c1-10-4-6-13(7-5-10)15-12(3)22-17(18-15)19-16(20)14-8-9-21-11(14)2/h4-9H,1-3H3,(H,18,19,20). The molecule has 1 N–H and O–H groups in total. The molecule has 3 aromatic rings. The highest BCUT2D eigenvalue weighted by atomic mass is 32.1. The molecule has 0 aliphatic heterocycles. The van der Waals surface area contributed by atoms with Crippen molar-refractivity contribution in [3.63, 3.8) is 0 Å². The van der Waals surface area contributed by atoms with Crippen LogP contribution in [-0.2, 0) is 0 Å². The third-order valence-electron chi connectivity index (χ3n) is 3.45. The van der Waals surface area contributed by atoms with Gasteiger partial charge in [0.05, 0.1) is 17.5 Å². The number of rotatable bonds is 3. The molecule has 0 bridgehead atoms. The summed E-state index contributed by atoms with van der Waals surface area (Å²) < 4.78 is 5.15. The fraction of sp³-hybridized carbons (Fsp3) is 0.176. The summed E-state index contributed by atoms with van der Waals surface area (Å²) in [5.74, 6) is 0.403. The van der Waals surface area contributed by atoms with Crippen LogP contribution in [0.4, 0.5) is 5.13 Å². The van der Waals surface area contributed by atoms with E-state index in [1.54, 1.807) is 13.0 Å². The quantitative estimate of drug-likeness (QED) is 0.770. The van der Waals surface area contributed by atoms with E-state index in [9.17, 15) is 4.79 Å². The lowest BCUT2D eigenvalue weighted by Crippen LogP contribution is -2.11. The molecule has 0 aliphatic carbocycles. The molecule has 0 saturated heterocycles. The van der Waals surface area contributed by atoms with Crippen LogP contribution in [0.3, 0.4) is 0 Å². The Morgan fingerprint density at radius 1 is 1.14 bits per heavy atom. The van der Waals surface area contributed by atoms with Gasteiger partial charge in [0.2, 0.25) is 0 Å². The minimum atomic E-state index is -0.199. The molecule has 0 unspecified atom stereocenters. The van der Waals surface area contributed by atoms with E-state index in [1.807, 2.05) is 19.1 Å². The Kier molecular flexibility index (Phi) is 3.81. The smallest absolute Gasteiger partial charge is 0.260 e. The molecule has 2 aromatic heterocycles. The molecule has 0 saturated carbocycles. The van der Waals surface area contributed by atoms with E-state index >= 15 is 0 Å². The van der Waals surface area contributed by atoms with Crippen LogP contribution in [-0.4, -0.2) is 10.9 Å². The number of carbonyl (C=O) groups is 1. The Hall–Kier alpha value is -2.40. The van der Waals surface area contributed by atoms with E-state index in [0.29, 0.717) is 16.5 Å². The van der Waals surface area contributed by atoms with Crippen LogP contribution < -0.4 is 5.32 Å². The number of aromatic nitrogens is 1. The molecule has 2 heterocycles. The normalized spacial score (nSPS) is 10.7. The van der Waals surface area contributed by atoms with Crippen LogP contribution in [0.2, 0.25) is 0 Å². The van der Waals surface area contributed by atoms with Crippen LogP contribution in [0.1, 0.15) is 26.6 Å². The van der Waals surface area contributed by atoms with Crippen molar-refractivity contribution >= 4 is 22.4 Å². The molecule has 0 fully saturated rings. The van der Waals surface area contributed by atoms with E-state index in [2.05, 4.69) is 29.4 Å². The van der Waals surface area contributed by atoms with Gasteiger partial charge in [-0.1, -0.05) is 29.8 Å². The Morgan fingerprint density at radius 2 is 1.86 bits per heavy atom. The van der Waals surface area contributed by atoms with Crippen molar-refractivity contribution in [2.45, 2.75) is 20.8 Å². The van der Waals surface area contributed by atoms with Crippen molar-refractivity contribution in [1.29, 1.82) is 0 Å². The number of nitrogens with one attached hydrogen (secondary N) is 1. The van der Waals surface area contributed by atoms with Crippen molar-refractivity contribution in [3.8, 4) is 11.3 Å². The number of hydrogen-bond acceptors (Lipinski definition) is 4. The van der Waals surface area contributed by atoms with E-state index in [4.69, 9.17) is 4.42 Å². The second-order valence-electron chi connectivity index (χ2n) is 5.13. The summed E-state index contributed by atoms with van der Waals surface area (Å²) in [6.45, 7) is 5.82. The average molecular weight is 312 g/mol. The Morgan fingerprint density at radius 3 is 2.50 bits per heavy atom. The second kappa shape index (κ2) is 5.77. The first-order valence-electron chi connectivity index (χ1n) is 6.94. The topological polar surface area (TPSA) is 55.1 Å². The average Bonchev–Trinajstić information content (AvgIpc) is 3.06. The van der Waals surface area contributed by atoms with Gasteiger partial charge in [0.1, 0.15) is 5.76 Å². The van der Waals surface area contributed by atoms with E-state index < -0.39 is 0 Å². The van der Waals surface area contributed by atoms with E-state index in [-0.39, 0.29) is 5.91 Å². The number of furan rings is 1. The maximum Gasteiger partial charge on any atom is 0.260 e. The van der Waals surface area contributed by atoms with Crippen molar-refractivity contribution in [3.05, 3.63) is 58.4 Å². The lowest BCUT2D eigenvalue weighted by Gasteiger charge is -2.00. The molecule has 4 nitrogen and oxygen atoms in total. The minimum Gasteiger partial charge on any atom is -0.469 e. The Labute approximate surface area is 132 Å². The maximum atomic E-state index is 12.2. The fourth-order valence-corrected chi connectivity index (χ4v) is 3.04. The summed E-state index contributed by atoms with van der Waals surface area (Å²) in [6, 6.07) is 9.86. The van der Waals surface area contributed by atoms with Gasteiger partial charge in [-0.2, -0.15) is 0 Å². The minimum absolute atomic E-state index is 0.199. The molecule has 3 rings (SSSR count). The zero-order valence-corrected chi connectivity index (χ0v) is 13.5. The van der Waals surface area contributed by atoms with E-state index in [1.165, 1.54) is 23.2 Å².